The van der Waals surface area contributed by atoms with Crippen LogP contribution in [0.5, 0.6) is 5.75 Å². The molecule has 1 atom stereocenters. The van der Waals surface area contributed by atoms with Crippen LogP contribution < -0.4 is 5.32 Å². The van der Waals surface area contributed by atoms with Crippen LogP contribution in [0.3, 0.4) is 0 Å². The minimum absolute atomic E-state index is 0.0405. The predicted molar refractivity (Wildman–Crippen MR) is 90.7 cm³/mol. The molecule has 0 unspecified atom stereocenters. The van der Waals surface area contributed by atoms with Crippen molar-refractivity contribution >= 4 is 11.9 Å². The van der Waals surface area contributed by atoms with Gasteiger partial charge in [-0.2, -0.15) is 0 Å². The lowest BCUT2D eigenvalue weighted by molar-refractivity contribution is -0.129. The van der Waals surface area contributed by atoms with Gasteiger partial charge in [-0.1, -0.05) is 35.9 Å². The number of amides is 1. The average Bonchev–Trinajstić information content (AvgIpc) is 2.53. The van der Waals surface area contributed by atoms with Crippen LogP contribution in [-0.4, -0.2) is 23.1 Å². The molecular formula is C19H21NO4. The largest absolute Gasteiger partial charge is 0.507 e. The molecular weight excluding hydrogens is 306 g/mol. The molecule has 0 spiro atoms. The second-order valence-corrected chi connectivity index (χ2v) is 5.77. The molecule has 2 aromatic carbocycles. The zero-order chi connectivity index (χ0) is 17.7. The third-order valence-corrected chi connectivity index (χ3v) is 3.61. The van der Waals surface area contributed by atoms with Crippen LogP contribution >= 0.6 is 0 Å². The second kappa shape index (κ2) is 7.64. The minimum Gasteiger partial charge on any atom is -0.507 e. The highest BCUT2D eigenvalue weighted by atomic mass is 16.5. The maximum Gasteiger partial charge on any atom is 0.342 e. The Balaban J connectivity index is 1.90. The van der Waals surface area contributed by atoms with Crippen LogP contribution in [0.25, 0.3) is 0 Å². The third kappa shape index (κ3) is 4.59. The molecule has 0 aromatic heterocycles. The first kappa shape index (κ1) is 17.5. The summed E-state index contributed by atoms with van der Waals surface area (Å²) in [6.07, 6.45) is -0.955. The Morgan fingerprint density at radius 2 is 1.71 bits per heavy atom. The number of esters is 1. The standard InChI is InChI=1S/C19H21NO4/c1-12-4-7-15(8-5-12)11-20-18(22)14(3)24-19(23)16-9-6-13(2)10-17(16)21/h4-10,14,21H,11H2,1-3H3,(H,20,22)/t14-/m0/s1. The fraction of sp³-hybridized carbons (Fsp3) is 0.263. The lowest BCUT2D eigenvalue weighted by atomic mass is 10.1. The van der Waals surface area contributed by atoms with Crippen LogP contribution in [0, 0.1) is 13.8 Å². The molecule has 2 rings (SSSR count). The Labute approximate surface area is 141 Å². The van der Waals surface area contributed by atoms with E-state index in [9.17, 15) is 14.7 Å². The summed E-state index contributed by atoms with van der Waals surface area (Å²) in [7, 11) is 0. The number of nitrogens with one attached hydrogen (secondary N) is 1. The maximum atomic E-state index is 12.0. The number of hydrogen-bond acceptors (Lipinski definition) is 4. The predicted octanol–water partition coefficient (Wildman–Crippen LogP) is 2.87. The van der Waals surface area contributed by atoms with E-state index in [-0.39, 0.29) is 11.3 Å². The number of phenols is 1. The number of carbonyl (C=O) groups excluding carboxylic acids is 2. The van der Waals surface area contributed by atoms with Crippen LogP contribution in [0.4, 0.5) is 0 Å². The van der Waals surface area contributed by atoms with Crippen molar-refractivity contribution in [1.29, 1.82) is 0 Å². The van der Waals surface area contributed by atoms with Crippen LogP contribution in [0.15, 0.2) is 42.5 Å². The van der Waals surface area contributed by atoms with E-state index in [2.05, 4.69) is 5.32 Å². The Morgan fingerprint density at radius 1 is 1.08 bits per heavy atom. The highest BCUT2D eigenvalue weighted by Gasteiger charge is 2.20. The Kier molecular flexibility index (Phi) is 5.58. The van der Waals surface area contributed by atoms with E-state index in [0.29, 0.717) is 6.54 Å². The smallest absolute Gasteiger partial charge is 0.342 e. The van der Waals surface area contributed by atoms with E-state index >= 15 is 0 Å². The number of phenolic OH excluding ortho intramolecular Hbond substituents is 1. The van der Waals surface area contributed by atoms with Gasteiger partial charge in [0.05, 0.1) is 0 Å². The van der Waals surface area contributed by atoms with Crippen molar-refractivity contribution in [3.63, 3.8) is 0 Å². The molecule has 5 heteroatoms. The molecule has 0 radical (unpaired) electrons. The zero-order valence-electron chi connectivity index (χ0n) is 14.0. The summed E-state index contributed by atoms with van der Waals surface area (Å²) in [6.45, 7) is 5.64. The lowest BCUT2D eigenvalue weighted by Crippen LogP contribution is -2.35. The third-order valence-electron chi connectivity index (χ3n) is 3.61. The number of carbonyl (C=O) groups is 2. The normalized spacial score (nSPS) is 11.6. The van der Waals surface area contributed by atoms with Crippen molar-refractivity contribution < 1.29 is 19.4 Å². The number of aromatic hydroxyl groups is 1. The van der Waals surface area contributed by atoms with Crippen molar-refractivity contribution in [2.45, 2.75) is 33.4 Å². The first-order valence-electron chi connectivity index (χ1n) is 7.70. The molecule has 5 nitrogen and oxygen atoms in total. The van der Waals surface area contributed by atoms with E-state index in [1.54, 1.807) is 13.0 Å². The van der Waals surface area contributed by atoms with Gasteiger partial charge in [0.25, 0.3) is 5.91 Å². The molecule has 0 fully saturated rings. The molecule has 0 aliphatic rings. The van der Waals surface area contributed by atoms with Gasteiger partial charge in [-0.25, -0.2) is 4.79 Å². The summed E-state index contributed by atoms with van der Waals surface area (Å²) in [6, 6.07) is 12.4. The number of rotatable bonds is 5. The monoisotopic (exact) mass is 327 g/mol. The summed E-state index contributed by atoms with van der Waals surface area (Å²) < 4.78 is 5.12. The molecule has 2 aromatic rings. The van der Waals surface area contributed by atoms with Gasteiger partial charge in [0, 0.05) is 6.54 Å². The van der Waals surface area contributed by atoms with Gasteiger partial charge >= 0.3 is 5.97 Å². The fourth-order valence-electron chi connectivity index (χ4n) is 2.13. The van der Waals surface area contributed by atoms with Crippen molar-refractivity contribution in [2.75, 3.05) is 0 Å². The van der Waals surface area contributed by atoms with Crippen molar-refractivity contribution in [3.8, 4) is 5.75 Å². The summed E-state index contributed by atoms with van der Waals surface area (Å²) in [5.41, 5.74) is 2.97. The topological polar surface area (TPSA) is 75.6 Å². The number of benzene rings is 2. The highest BCUT2D eigenvalue weighted by molar-refractivity contribution is 5.94. The zero-order valence-corrected chi connectivity index (χ0v) is 14.0. The van der Waals surface area contributed by atoms with Crippen LogP contribution in [-0.2, 0) is 16.1 Å². The van der Waals surface area contributed by atoms with Gasteiger partial charge in [0.2, 0.25) is 0 Å². The summed E-state index contributed by atoms with van der Waals surface area (Å²) in [4.78, 5) is 24.1. The van der Waals surface area contributed by atoms with E-state index in [4.69, 9.17) is 4.74 Å². The molecule has 1 amide bonds. The SMILES string of the molecule is Cc1ccc(CNC(=O)[C@H](C)OC(=O)c2ccc(C)cc2O)cc1. The van der Waals surface area contributed by atoms with Crippen LogP contribution in [0.2, 0.25) is 0 Å². The summed E-state index contributed by atoms with van der Waals surface area (Å²) in [5.74, 6) is -1.28. The average molecular weight is 327 g/mol. The van der Waals surface area contributed by atoms with E-state index < -0.39 is 18.0 Å². The summed E-state index contributed by atoms with van der Waals surface area (Å²) in [5, 5.41) is 12.5. The molecule has 2 N–H and O–H groups in total. The number of aryl methyl sites for hydroxylation is 2. The molecule has 0 heterocycles. The van der Waals surface area contributed by atoms with E-state index in [1.807, 2.05) is 31.2 Å². The van der Waals surface area contributed by atoms with Gasteiger partial charge in [-0.15, -0.1) is 0 Å². The molecule has 0 aliphatic heterocycles. The molecule has 126 valence electrons. The number of ether oxygens (including phenoxy) is 1. The molecule has 0 saturated carbocycles. The minimum atomic E-state index is -0.955. The molecule has 24 heavy (non-hydrogen) atoms. The first-order valence-corrected chi connectivity index (χ1v) is 7.70. The van der Waals surface area contributed by atoms with Crippen molar-refractivity contribution in [2.24, 2.45) is 0 Å². The molecule has 0 saturated heterocycles. The Morgan fingerprint density at radius 3 is 2.33 bits per heavy atom. The van der Waals surface area contributed by atoms with Gasteiger partial charge < -0.3 is 15.2 Å². The van der Waals surface area contributed by atoms with Crippen molar-refractivity contribution in [1.82, 2.24) is 5.32 Å². The van der Waals surface area contributed by atoms with Gasteiger partial charge in [0.1, 0.15) is 11.3 Å². The Bertz CT molecular complexity index is 738. The lowest BCUT2D eigenvalue weighted by Gasteiger charge is -2.14. The van der Waals surface area contributed by atoms with Gasteiger partial charge in [-0.3, -0.25) is 4.79 Å². The Hall–Kier alpha value is -2.82. The molecule has 0 bridgehead atoms. The van der Waals surface area contributed by atoms with Gasteiger partial charge in [0.15, 0.2) is 6.10 Å². The second-order valence-electron chi connectivity index (χ2n) is 5.77. The van der Waals surface area contributed by atoms with Gasteiger partial charge in [-0.05, 0) is 44.0 Å². The first-order chi connectivity index (χ1) is 11.4. The molecule has 0 aliphatic carbocycles. The quantitative estimate of drug-likeness (QED) is 0.828. The van der Waals surface area contributed by atoms with Crippen LogP contribution in [0.1, 0.15) is 34.0 Å². The van der Waals surface area contributed by atoms with E-state index in [1.165, 1.54) is 19.1 Å². The van der Waals surface area contributed by atoms with Crippen molar-refractivity contribution in [3.05, 3.63) is 64.7 Å². The van der Waals surface area contributed by atoms with E-state index in [0.717, 1.165) is 16.7 Å². The fourth-order valence-corrected chi connectivity index (χ4v) is 2.13. The highest BCUT2D eigenvalue weighted by Crippen LogP contribution is 2.19. The number of hydrogen-bond donors (Lipinski definition) is 2. The summed E-state index contributed by atoms with van der Waals surface area (Å²) >= 11 is 0. The maximum absolute atomic E-state index is 12.0.